The third-order valence-electron chi connectivity index (χ3n) is 2.70. The zero-order valence-electron chi connectivity index (χ0n) is 8.54. The molecule has 0 radical (unpaired) electrons. The van der Waals surface area contributed by atoms with Gasteiger partial charge in [0.25, 0.3) is 6.47 Å². The maximum absolute atomic E-state index is 10.00. The fraction of sp³-hybridized carbons (Fsp3) is 0.900. The highest BCUT2D eigenvalue weighted by Gasteiger charge is 2.18. The molecule has 0 saturated carbocycles. The lowest BCUT2D eigenvalue weighted by Crippen LogP contribution is -2.21. The molecule has 0 aromatic carbocycles. The molecule has 0 N–H and O–H groups in total. The molecule has 0 aliphatic heterocycles. The van der Waals surface area contributed by atoms with Gasteiger partial charge in [-0.2, -0.15) is 0 Å². The number of hydrogen-bond donors (Lipinski definition) is 0. The first-order chi connectivity index (χ1) is 5.63. The molecule has 2 heteroatoms. The van der Waals surface area contributed by atoms with Crippen molar-refractivity contribution in [2.24, 2.45) is 17.8 Å². The van der Waals surface area contributed by atoms with E-state index in [9.17, 15) is 4.79 Å². The van der Waals surface area contributed by atoms with Crippen LogP contribution in [0.1, 0.15) is 34.1 Å². The molecule has 0 amide bonds. The van der Waals surface area contributed by atoms with Gasteiger partial charge in [0.1, 0.15) is 0 Å². The topological polar surface area (TPSA) is 26.3 Å². The number of hydrogen-bond acceptors (Lipinski definition) is 2. The molecule has 72 valence electrons. The first kappa shape index (κ1) is 11.5. The summed E-state index contributed by atoms with van der Waals surface area (Å²) in [5.41, 5.74) is 0. The van der Waals surface area contributed by atoms with Crippen molar-refractivity contribution in [1.82, 2.24) is 0 Å². The minimum absolute atomic E-state index is 0.509. The van der Waals surface area contributed by atoms with Crippen LogP contribution in [0.25, 0.3) is 0 Å². The second-order valence-corrected chi connectivity index (χ2v) is 3.70. The SMILES string of the molecule is CCC(COC=O)C(C)C(C)C. The van der Waals surface area contributed by atoms with Crippen molar-refractivity contribution < 1.29 is 9.53 Å². The van der Waals surface area contributed by atoms with E-state index in [1.807, 2.05) is 0 Å². The molecule has 2 nitrogen and oxygen atoms in total. The number of carbonyl (C=O) groups is 1. The first-order valence-corrected chi connectivity index (χ1v) is 4.68. The summed E-state index contributed by atoms with van der Waals surface area (Å²) in [5.74, 6) is 1.79. The van der Waals surface area contributed by atoms with Gasteiger partial charge in [-0.05, 0) is 24.2 Å². The first-order valence-electron chi connectivity index (χ1n) is 4.68. The van der Waals surface area contributed by atoms with Gasteiger partial charge in [-0.1, -0.05) is 27.7 Å². The van der Waals surface area contributed by atoms with Crippen LogP contribution < -0.4 is 0 Å². The maximum Gasteiger partial charge on any atom is 0.293 e. The van der Waals surface area contributed by atoms with E-state index in [-0.39, 0.29) is 0 Å². The van der Waals surface area contributed by atoms with E-state index in [4.69, 9.17) is 4.74 Å². The molecule has 0 rings (SSSR count). The molecule has 0 aliphatic rings. The van der Waals surface area contributed by atoms with Crippen molar-refractivity contribution in [3.8, 4) is 0 Å². The van der Waals surface area contributed by atoms with Crippen LogP contribution in [0.3, 0.4) is 0 Å². The Balaban J connectivity index is 3.86. The van der Waals surface area contributed by atoms with Crippen molar-refractivity contribution in [2.75, 3.05) is 6.61 Å². The number of carbonyl (C=O) groups excluding carboxylic acids is 1. The Kier molecular flexibility index (Phi) is 5.77. The van der Waals surface area contributed by atoms with Gasteiger partial charge in [0, 0.05) is 0 Å². The maximum atomic E-state index is 10.00. The van der Waals surface area contributed by atoms with Crippen molar-refractivity contribution in [1.29, 1.82) is 0 Å². The molecule has 2 atom stereocenters. The van der Waals surface area contributed by atoms with Crippen LogP contribution in [0.4, 0.5) is 0 Å². The van der Waals surface area contributed by atoms with Crippen LogP contribution in [0.2, 0.25) is 0 Å². The van der Waals surface area contributed by atoms with E-state index in [2.05, 4.69) is 27.7 Å². The van der Waals surface area contributed by atoms with Crippen LogP contribution in [0, 0.1) is 17.8 Å². The van der Waals surface area contributed by atoms with Crippen LogP contribution in [0.5, 0.6) is 0 Å². The summed E-state index contributed by atoms with van der Waals surface area (Å²) >= 11 is 0. The predicted molar refractivity (Wildman–Crippen MR) is 49.8 cm³/mol. The van der Waals surface area contributed by atoms with Gasteiger partial charge in [0.2, 0.25) is 0 Å². The van der Waals surface area contributed by atoms with Crippen molar-refractivity contribution >= 4 is 6.47 Å². The van der Waals surface area contributed by atoms with Gasteiger partial charge in [0.15, 0.2) is 0 Å². The molecule has 2 unspecified atom stereocenters. The van der Waals surface area contributed by atoms with Crippen molar-refractivity contribution in [2.45, 2.75) is 34.1 Å². The average molecular weight is 172 g/mol. The number of rotatable bonds is 6. The molecular weight excluding hydrogens is 152 g/mol. The van der Waals surface area contributed by atoms with Gasteiger partial charge in [-0.3, -0.25) is 4.79 Å². The smallest absolute Gasteiger partial charge is 0.293 e. The molecule has 0 aliphatic carbocycles. The van der Waals surface area contributed by atoms with Gasteiger partial charge < -0.3 is 4.74 Å². The summed E-state index contributed by atoms with van der Waals surface area (Å²) < 4.78 is 4.78. The molecule has 12 heavy (non-hydrogen) atoms. The molecule has 0 fully saturated rings. The third kappa shape index (κ3) is 3.74. The Hall–Kier alpha value is -0.530. The highest BCUT2D eigenvalue weighted by molar-refractivity contribution is 5.36. The summed E-state index contributed by atoms with van der Waals surface area (Å²) in [4.78, 5) is 10.00. The lowest BCUT2D eigenvalue weighted by molar-refractivity contribution is -0.130. The molecule has 0 saturated heterocycles. The minimum Gasteiger partial charge on any atom is -0.468 e. The fourth-order valence-electron chi connectivity index (χ4n) is 1.35. The largest absolute Gasteiger partial charge is 0.468 e. The zero-order valence-corrected chi connectivity index (χ0v) is 8.54. The normalized spacial score (nSPS) is 15.8. The summed E-state index contributed by atoms with van der Waals surface area (Å²) in [6.07, 6.45) is 1.08. The van der Waals surface area contributed by atoms with Crippen LogP contribution in [0.15, 0.2) is 0 Å². The van der Waals surface area contributed by atoms with Gasteiger partial charge in [-0.15, -0.1) is 0 Å². The Morgan fingerprint density at radius 1 is 1.33 bits per heavy atom. The molecule has 0 heterocycles. The van der Waals surface area contributed by atoms with E-state index < -0.39 is 0 Å². The third-order valence-corrected chi connectivity index (χ3v) is 2.70. The summed E-state index contributed by atoms with van der Waals surface area (Å²) in [6.45, 7) is 9.86. The summed E-state index contributed by atoms with van der Waals surface area (Å²) in [6, 6.07) is 0. The summed E-state index contributed by atoms with van der Waals surface area (Å²) in [7, 11) is 0. The molecular formula is C10H20O2. The predicted octanol–water partition coefficient (Wildman–Crippen LogP) is 2.48. The Morgan fingerprint density at radius 3 is 2.25 bits per heavy atom. The van der Waals surface area contributed by atoms with Crippen LogP contribution in [-0.4, -0.2) is 13.1 Å². The molecule has 0 spiro atoms. The summed E-state index contributed by atoms with van der Waals surface area (Å²) in [5, 5.41) is 0. The second kappa shape index (κ2) is 6.04. The highest BCUT2D eigenvalue weighted by Crippen LogP contribution is 2.23. The van der Waals surface area contributed by atoms with Crippen LogP contribution in [-0.2, 0) is 9.53 Å². The van der Waals surface area contributed by atoms with Crippen molar-refractivity contribution in [3.63, 3.8) is 0 Å². The van der Waals surface area contributed by atoms with E-state index in [1.54, 1.807) is 0 Å². The van der Waals surface area contributed by atoms with E-state index >= 15 is 0 Å². The molecule has 0 aromatic rings. The van der Waals surface area contributed by atoms with E-state index in [1.165, 1.54) is 0 Å². The van der Waals surface area contributed by atoms with Crippen LogP contribution >= 0.6 is 0 Å². The van der Waals surface area contributed by atoms with E-state index in [0.717, 1.165) is 6.42 Å². The standard InChI is InChI=1S/C10H20O2/c1-5-10(6-12-7-11)9(4)8(2)3/h7-10H,5-6H2,1-4H3. The number of ether oxygens (including phenoxy) is 1. The van der Waals surface area contributed by atoms with Gasteiger partial charge in [0.05, 0.1) is 6.61 Å². The lowest BCUT2D eigenvalue weighted by atomic mass is 9.84. The molecule has 0 aromatic heterocycles. The zero-order chi connectivity index (χ0) is 9.56. The quantitative estimate of drug-likeness (QED) is 0.575. The lowest BCUT2D eigenvalue weighted by Gasteiger charge is -2.24. The highest BCUT2D eigenvalue weighted by atomic mass is 16.5. The Labute approximate surface area is 75.3 Å². The fourth-order valence-corrected chi connectivity index (χ4v) is 1.35. The average Bonchev–Trinajstić information content (AvgIpc) is 2.05. The van der Waals surface area contributed by atoms with Crippen molar-refractivity contribution in [3.05, 3.63) is 0 Å². The second-order valence-electron chi connectivity index (χ2n) is 3.70. The van der Waals surface area contributed by atoms with Gasteiger partial charge >= 0.3 is 0 Å². The molecule has 0 bridgehead atoms. The Bertz CT molecular complexity index is 121. The Morgan fingerprint density at radius 2 is 1.92 bits per heavy atom. The van der Waals surface area contributed by atoms with Gasteiger partial charge in [-0.25, -0.2) is 0 Å². The minimum atomic E-state index is 0.509. The monoisotopic (exact) mass is 172 g/mol. The van der Waals surface area contributed by atoms with E-state index in [0.29, 0.717) is 30.8 Å².